The fourth-order valence-corrected chi connectivity index (χ4v) is 2.48. The zero-order valence-corrected chi connectivity index (χ0v) is 9.23. The van der Waals surface area contributed by atoms with Gasteiger partial charge in [-0.1, -0.05) is 27.2 Å². The van der Waals surface area contributed by atoms with Gasteiger partial charge in [0.25, 0.3) is 0 Å². The third-order valence-corrected chi connectivity index (χ3v) is 3.82. The van der Waals surface area contributed by atoms with E-state index in [4.69, 9.17) is 0 Å². The summed E-state index contributed by atoms with van der Waals surface area (Å²) < 4.78 is 13.8. The van der Waals surface area contributed by atoms with E-state index < -0.39 is 6.17 Å². The van der Waals surface area contributed by atoms with Crippen LogP contribution >= 0.6 is 0 Å². The molecule has 1 saturated carbocycles. The molecule has 13 heavy (non-hydrogen) atoms. The van der Waals surface area contributed by atoms with Crippen LogP contribution in [0, 0.1) is 11.3 Å². The van der Waals surface area contributed by atoms with Crippen LogP contribution in [0.25, 0.3) is 0 Å². The lowest BCUT2D eigenvalue weighted by Crippen LogP contribution is -2.46. The molecule has 0 bridgehead atoms. The van der Waals surface area contributed by atoms with E-state index in [2.05, 4.69) is 26.1 Å². The molecule has 0 aliphatic heterocycles. The van der Waals surface area contributed by atoms with Gasteiger partial charge in [0, 0.05) is 6.04 Å². The van der Waals surface area contributed by atoms with E-state index in [1.807, 2.05) is 7.05 Å². The smallest absolute Gasteiger partial charge is 0.107 e. The molecule has 0 aromatic heterocycles. The van der Waals surface area contributed by atoms with Gasteiger partial charge in [0.15, 0.2) is 0 Å². The molecule has 0 spiro atoms. The molecule has 1 aliphatic rings. The Hall–Kier alpha value is -0.110. The SMILES string of the molecule is CCC1CC(NC)CC(F)C1(C)C. The lowest BCUT2D eigenvalue weighted by Gasteiger charge is -2.44. The number of hydrogen-bond acceptors (Lipinski definition) is 1. The molecule has 1 aliphatic carbocycles. The van der Waals surface area contributed by atoms with Gasteiger partial charge in [-0.05, 0) is 31.2 Å². The van der Waals surface area contributed by atoms with Crippen LogP contribution in [-0.4, -0.2) is 19.3 Å². The molecule has 1 fully saturated rings. The van der Waals surface area contributed by atoms with Crippen LogP contribution in [0.3, 0.4) is 0 Å². The van der Waals surface area contributed by atoms with Gasteiger partial charge in [0.2, 0.25) is 0 Å². The van der Waals surface area contributed by atoms with Crippen molar-refractivity contribution in [2.75, 3.05) is 7.05 Å². The molecule has 0 heterocycles. The van der Waals surface area contributed by atoms with Crippen LogP contribution in [0.4, 0.5) is 4.39 Å². The molecule has 78 valence electrons. The zero-order valence-electron chi connectivity index (χ0n) is 9.23. The Morgan fingerprint density at radius 1 is 1.38 bits per heavy atom. The lowest BCUT2D eigenvalue weighted by molar-refractivity contribution is 0.0123. The molecule has 0 aromatic carbocycles. The molecule has 0 amide bonds. The quantitative estimate of drug-likeness (QED) is 0.701. The van der Waals surface area contributed by atoms with Gasteiger partial charge in [-0.2, -0.15) is 0 Å². The average molecular weight is 187 g/mol. The maximum atomic E-state index is 13.8. The van der Waals surface area contributed by atoms with Crippen molar-refractivity contribution in [3.05, 3.63) is 0 Å². The maximum Gasteiger partial charge on any atom is 0.107 e. The Labute approximate surface area is 81.1 Å². The Balaban J connectivity index is 2.69. The molecular weight excluding hydrogens is 165 g/mol. The summed E-state index contributed by atoms with van der Waals surface area (Å²) in [4.78, 5) is 0. The molecule has 0 radical (unpaired) electrons. The van der Waals surface area contributed by atoms with Crippen LogP contribution in [0.5, 0.6) is 0 Å². The molecule has 2 heteroatoms. The predicted molar refractivity (Wildman–Crippen MR) is 54.5 cm³/mol. The Bertz CT molecular complexity index is 167. The summed E-state index contributed by atoms with van der Waals surface area (Å²) in [6.45, 7) is 6.30. The summed E-state index contributed by atoms with van der Waals surface area (Å²) >= 11 is 0. The summed E-state index contributed by atoms with van der Waals surface area (Å²) in [5, 5.41) is 3.20. The number of halogens is 1. The van der Waals surface area contributed by atoms with E-state index in [9.17, 15) is 4.39 Å². The van der Waals surface area contributed by atoms with Gasteiger partial charge in [0.1, 0.15) is 6.17 Å². The van der Waals surface area contributed by atoms with Crippen molar-refractivity contribution in [1.29, 1.82) is 0 Å². The van der Waals surface area contributed by atoms with E-state index in [0.717, 1.165) is 12.8 Å². The van der Waals surface area contributed by atoms with E-state index in [1.54, 1.807) is 0 Å². The second kappa shape index (κ2) is 3.95. The minimum absolute atomic E-state index is 0.123. The van der Waals surface area contributed by atoms with E-state index in [-0.39, 0.29) is 5.41 Å². The summed E-state index contributed by atoms with van der Waals surface area (Å²) in [6.07, 6.45) is 2.25. The Morgan fingerprint density at radius 2 is 2.00 bits per heavy atom. The van der Waals surface area contributed by atoms with Crippen LogP contribution in [0.1, 0.15) is 40.0 Å². The highest BCUT2D eigenvalue weighted by molar-refractivity contribution is 4.94. The van der Waals surface area contributed by atoms with Crippen LogP contribution in [-0.2, 0) is 0 Å². The second-order valence-corrected chi connectivity index (χ2v) is 4.85. The minimum Gasteiger partial charge on any atom is -0.317 e. The van der Waals surface area contributed by atoms with Crippen molar-refractivity contribution < 1.29 is 4.39 Å². The van der Waals surface area contributed by atoms with Gasteiger partial charge in [-0.3, -0.25) is 0 Å². The van der Waals surface area contributed by atoms with E-state index in [1.165, 1.54) is 0 Å². The second-order valence-electron chi connectivity index (χ2n) is 4.85. The predicted octanol–water partition coefficient (Wildman–Crippen LogP) is 2.76. The molecule has 0 aromatic rings. The summed E-state index contributed by atoms with van der Waals surface area (Å²) in [5.74, 6) is 0.522. The highest BCUT2D eigenvalue weighted by atomic mass is 19.1. The van der Waals surface area contributed by atoms with Crippen molar-refractivity contribution in [2.24, 2.45) is 11.3 Å². The molecule has 1 N–H and O–H groups in total. The van der Waals surface area contributed by atoms with E-state index in [0.29, 0.717) is 18.4 Å². The molecule has 1 nitrogen and oxygen atoms in total. The highest BCUT2D eigenvalue weighted by Crippen LogP contribution is 2.43. The third kappa shape index (κ3) is 2.04. The summed E-state index contributed by atoms with van der Waals surface area (Å²) in [7, 11) is 1.93. The summed E-state index contributed by atoms with van der Waals surface area (Å²) in [5.41, 5.74) is -0.123. The topological polar surface area (TPSA) is 12.0 Å². The largest absolute Gasteiger partial charge is 0.317 e. The Kier molecular flexibility index (Phi) is 3.33. The van der Waals surface area contributed by atoms with Gasteiger partial charge in [-0.25, -0.2) is 4.39 Å². The standard InChI is InChI=1S/C11H22FN/c1-5-8-6-9(13-4)7-10(12)11(8,2)3/h8-10,13H,5-7H2,1-4H3. The van der Waals surface area contributed by atoms with Gasteiger partial charge in [0.05, 0.1) is 0 Å². The van der Waals surface area contributed by atoms with Gasteiger partial charge < -0.3 is 5.32 Å². The fourth-order valence-electron chi connectivity index (χ4n) is 2.48. The summed E-state index contributed by atoms with van der Waals surface area (Å²) in [6, 6.07) is 0.382. The number of nitrogens with one attached hydrogen (secondary N) is 1. The molecule has 3 unspecified atom stereocenters. The first-order chi connectivity index (χ1) is 6.02. The molecule has 1 rings (SSSR count). The monoisotopic (exact) mass is 187 g/mol. The van der Waals surface area contributed by atoms with Crippen molar-refractivity contribution in [3.8, 4) is 0 Å². The minimum atomic E-state index is -0.649. The van der Waals surface area contributed by atoms with Crippen molar-refractivity contribution in [1.82, 2.24) is 5.32 Å². The van der Waals surface area contributed by atoms with Crippen molar-refractivity contribution in [2.45, 2.75) is 52.2 Å². The fraction of sp³-hybridized carbons (Fsp3) is 1.00. The van der Waals surface area contributed by atoms with Crippen LogP contribution in [0.2, 0.25) is 0 Å². The first-order valence-electron chi connectivity index (χ1n) is 5.33. The molecule has 3 atom stereocenters. The lowest BCUT2D eigenvalue weighted by atomic mass is 9.65. The normalized spacial score (nSPS) is 39.0. The Morgan fingerprint density at radius 3 is 2.46 bits per heavy atom. The van der Waals surface area contributed by atoms with Gasteiger partial charge in [-0.15, -0.1) is 0 Å². The number of hydrogen-bond donors (Lipinski definition) is 1. The average Bonchev–Trinajstić information content (AvgIpc) is 2.09. The van der Waals surface area contributed by atoms with E-state index >= 15 is 0 Å². The molecular formula is C11H22FN. The van der Waals surface area contributed by atoms with Crippen molar-refractivity contribution in [3.63, 3.8) is 0 Å². The first-order valence-corrected chi connectivity index (χ1v) is 5.33. The van der Waals surface area contributed by atoms with Gasteiger partial charge >= 0.3 is 0 Å². The highest BCUT2D eigenvalue weighted by Gasteiger charge is 2.42. The van der Waals surface area contributed by atoms with Crippen LogP contribution in [0.15, 0.2) is 0 Å². The first kappa shape index (κ1) is 11.0. The third-order valence-electron chi connectivity index (χ3n) is 3.82. The molecule has 0 saturated heterocycles. The van der Waals surface area contributed by atoms with Crippen LogP contribution < -0.4 is 5.32 Å². The number of alkyl halides is 1. The van der Waals surface area contributed by atoms with Crippen molar-refractivity contribution >= 4 is 0 Å². The maximum absolute atomic E-state index is 13.8. The zero-order chi connectivity index (χ0) is 10.1. The number of rotatable bonds is 2.